The molecule has 3 aromatic carbocycles. The lowest BCUT2D eigenvalue weighted by Crippen LogP contribution is -1.85. The zero-order valence-electron chi connectivity index (χ0n) is 12.1. The summed E-state index contributed by atoms with van der Waals surface area (Å²) >= 11 is 0. The second-order valence-corrected chi connectivity index (χ2v) is 5.73. The van der Waals surface area contributed by atoms with Gasteiger partial charge < -0.3 is 4.42 Å². The maximum Gasteiger partial charge on any atom is 0.109 e. The maximum atomic E-state index is 5.72. The average molecular weight is 283 g/mol. The van der Waals surface area contributed by atoms with Crippen LogP contribution in [0.4, 0.5) is 0 Å². The number of hydrogen-bond acceptors (Lipinski definition) is 2. The number of aromatic nitrogens is 1. The van der Waals surface area contributed by atoms with Gasteiger partial charge in [-0.1, -0.05) is 30.3 Å². The number of rotatable bonds is 0. The van der Waals surface area contributed by atoms with Crippen molar-refractivity contribution in [2.45, 2.75) is 6.92 Å². The lowest BCUT2D eigenvalue weighted by atomic mass is 9.96. The van der Waals surface area contributed by atoms with Crippen molar-refractivity contribution in [2.24, 2.45) is 0 Å². The zero-order valence-corrected chi connectivity index (χ0v) is 12.1. The number of aryl methyl sites for hydroxylation is 1. The fraction of sp³-hybridized carbons (Fsp3) is 0.0500. The van der Waals surface area contributed by atoms with Gasteiger partial charge in [0.2, 0.25) is 0 Å². The van der Waals surface area contributed by atoms with E-state index in [2.05, 4.69) is 47.4 Å². The van der Waals surface area contributed by atoms with Gasteiger partial charge in [0.15, 0.2) is 0 Å². The van der Waals surface area contributed by atoms with Gasteiger partial charge in [-0.25, -0.2) is 0 Å². The van der Waals surface area contributed by atoms with Crippen LogP contribution in [0.25, 0.3) is 43.2 Å². The van der Waals surface area contributed by atoms with E-state index in [1.54, 1.807) is 0 Å². The van der Waals surface area contributed by atoms with Crippen molar-refractivity contribution < 1.29 is 4.42 Å². The van der Waals surface area contributed by atoms with Gasteiger partial charge in [-0.15, -0.1) is 0 Å². The minimum absolute atomic E-state index is 0.959. The molecular formula is C20H13NO. The van der Waals surface area contributed by atoms with Gasteiger partial charge in [0.05, 0.1) is 11.8 Å². The lowest BCUT2D eigenvalue weighted by Gasteiger charge is -2.08. The van der Waals surface area contributed by atoms with E-state index in [1.165, 1.54) is 26.9 Å². The molecule has 0 spiro atoms. The Bertz CT molecular complexity index is 1180. The van der Waals surface area contributed by atoms with E-state index in [9.17, 15) is 0 Å². The van der Waals surface area contributed by atoms with Crippen LogP contribution in [0, 0.1) is 6.92 Å². The van der Waals surface area contributed by atoms with E-state index in [1.807, 2.05) is 25.5 Å². The van der Waals surface area contributed by atoms with Gasteiger partial charge in [0, 0.05) is 27.7 Å². The van der Waals surface area contributed by atoms with Crippen LogP contribution in [0.2, 0.25) is 0 Å². The summed E-state index contributed by atoms with van der Waals surface area (Å²) in [7, 11) is 0. The number of benzene rings is 3. The molecule has 0 radical (unpaired) electrons. The third-order valence-corrected chi connectivity index (χ3v) is 4.48. The molecule has 0 aliphatic heterocycles. The van der Waals surface area contributed by atoms with Crippen molar-refractivity contribution in [1.29, 1.82) is 0 Å². The molecule has 2 aromatic heterocycles. The van der Waals surface area contributed by atoms with Gasteiger partial charge in [0.1, 0.15) is 5.76 Å². The Hall–Kier alpha value is -2.87. The SMILES string of the molecule is Cc1occ2c3cccnc3c3cc4ccccc4cc3c12. The predicted molar refractivity (Wildman–Crippen MR) is 91.3 cm³/mol. The normalized spacial score (nSPS) is 11.9. The van der Waals surface area contributed by atoms with Crippen LogP contribution in [0.1, 0.15) is 5.76 Å². The number of fused-ring (bicyclic) bond motifs is 7. The summed E-state index contributed by atoms with van der Waals surface area (Å²) in [6, 6.07) is 17.0. The molecule has 0 fully saturated rings. The molecule has 0 aliphatic carbocycles. The van der Waals surface area contributed by atoms with Crippen LogP contribution in [0.5, 0.6) is 0 Å². The molecule has 2 heteroatoms. The van der Waals surface area contributed by atoms with Crippen LogP contribution < -0.4 is 0 Å². The molecule has 0 bridgehead atoms. The standard InChI is InChI=1S/C20H13NO/c1-12-19-16-9-13-5-2-3-6-14(13)10-17(16)20-15(7-4-8-21-20)18(19)11-22-12/h2-11H,1H3. The van der Waals surface area contributed by atoms with Crippen LogP contribution in [0.15, 0.2) is 65.4 Å². The largest absolute Gasteiger partial charge is 0.468 e. The molecular weight excluding hydrogens is 270 g/mol. The summed E-state index contributed by atoms with van der Waals surface area (Å²) < 4.78 is 5.72. The molecule has 104 valence electrons. The Morgan fingerprint density at radius 3 is 2.41 bits per heavy atom. The third-order valence-electron chi connectivity index (χ3n) is 4.48. The van der Waals surface area contributed by atoms with Gasteiger partial charge in [-0.3, -0.25) is 4.98 Å². The minimum Gasteiger partial charge on any atom is -0.468 e. The summed E-state index contributed by atoms with van der Waals surface area (Å²) in [5, 5.41) is 8.37. The van der Waals surface area contributed by atoms with Crippen LogP contribution >= 0.6 is 0 Å². The predicted octanol–water partition coefficient (Wildman–Crippen LogP) is 5.60. The minimum atomic E-state index is 0.959. The first kappa shape index (κ1) is 11.8. The van der Waals surface area contributed by atoms with Crippen molar-refractivity contribution in [3.63, 3.8) is 0 Å². The number of pyridine rings is 1. The van der Waals surface area contributed by atoms with Crippen molar-refractivity contribution in [3.8, 4) is 0 Å². The Kier molecular flexibility index (Phi) is 2.18. The lowest BCUT2D eigenvalue weighted by molar-refractivity contribution is 0.540. The molecule has 0 N–H and O–H groups in total. The Morgan fingerprint density at radius 2 is 1.59 bits per heavy atom. The number of furan rings is 1. The molecule has 0 saturated carbocycles. The van der Waals surface area contributed by atoms with Gasteiger partial charge in [-0.05, 0) is 41.3 Å². The van der Waals surface area contributed by atoms with Gasteiger partial charge in [-0.2, -0.15) is 0 Å². The molecule has 2 heterocycles. The molecule has 0 unspecified atom stereocenters. The average Bonchev–Trinajstić information content (AvgIpc) is 2.96. The van der Waals surface area contributed by atoms with E-state index < -0.39 is 0 Å². The molecule has 2 nitrogen and oxygen atoms in total. The van der Waals surface area contributed by atoms with Crippen molar-refractivity contribution in [1.82, 2.24) is 4.98 Å². The van der Waals surface area contributed by atoms with E-state index in [4.69, 9.17) is 4.42 Å². The summed E-state index contributed by atoms with van der Waals surface area (Å²) in [5.41, 5.74) is 1.04. The topological polar surface area (TPSA) is 26.0 Å². The molecule has 0 amide bonds. The first-order chi connectivity index (χ1) is 10.8. The highest BCUT2D eigenvalue weighted by Crippen LogP contribution is 2.38. The quantitative estimate of drug-likeness (QED) is 0.273. The highest BCUT2D eigenvalue weighted by Gasteiger charge is 2.14. The van der Waals surface area contributed by atoms with Crippen LogP contribution in [-0.4, -0.2) is 4.98 Å². The van der Waals surface area contributed by atoms with Crippen LogP contribution in [0.3, 0.4) is 0 Å². The van der Waals surface area contributed by atoms with Crippen molar-refractivity contribution >= 4 is 43.2 Å². The van der Waals surface area contributed by atoms with Crippen LogP contribution in [-0.2, 0) is 0 Å². The Labute approximate surface area is 127 Å². The van der Waals surface area contributed by atoms with E-state index in [0.29, 0.717) is 0 Å². The highest BCUT2D eigenvalue weighted by atomic mass is 16.3. The summed E-state index contributed by atoms with van der Waals surface area (Å²) in [5.74, 6) is 0.959. The zero-order chi connectivity index (χ0) is 14.7. The fourth-order valence-electron chi connectivity index (χ4n) is 3.47. The monoisotopic (exact) mass is 283 g/mol. The molecule has 0 saturated heterocycles. The Balaban J connectivity index is 2.19. The number of nitrogens with zero attached hydrogens (tertiary/aromatic N) is 1. The first-order valence-electron chi connectivity index (χ1n) is 7.40. The molecule has 5 aromatic rings. The van der Waals surface area contributed by atoms with Gasteiger partial charge in [0.25, 0.3) is 0 Å². The highest BCUT2D eigenvalue weighted by molar-refractivity contribution is 6.26. The molecule has 5 rings (SSSR count). The molecule has 0 aliphatic rings. The van der Waals surface area contributed by atoms with E-state index >= 15 is 0 Å². The summed E-state index contributed by atoms with van der Waals surface area (Å²) in [6.45, 7) is 2.03. The second-order valence-electron chi connectivity index (χ2n) is 5.73. The van der Waals surface area contributed by atoms with E-state index in [-0.39, 0.29) is 0 Å². The molecule has 22 heavy (non-hydrogen) atoms. The number of hydrogen-bond donors (Lipinski definition) is 0. The molecule has 0 atom stereocenters. The Morgan fingerprint density at radius 1 is 0.818 bits per heavy atom. The van der Waals surface area contributed by atoms with Crippen molar-refractivity contribution in [3.05, 3.63) is 66.8 Å². The first-order valence-corrected chi connectivity index (χ1v) is 7.40. The second kappa shape index (κ2) is 4.08. The smallest absolute Gasteiger partial charge is 0.109 e. The summed E-state index contributed by atoms with van der Waals surface area (Å²) in [4.78, 5) is 4.63. The summed E-state index contributed by atoms with van der Waals surface area (Å²) in [6.07, 6.45) is 3.71. The third kappa shape index (κ3) is 1.41. The fourth-order valence-corrected chi connectivity index (χ4v) is 3.47. The van der Waals surface area contributed by atoms with Crippen molar-refractivity contribution in [2.75, 3.05) is 0 Å². The van der Waals surface area contributed by atoms with Gasteiger partial charge >= 0.3 is 0 Å². The van der Waals surface area contributed by atoms with E-state index in [0.717, 1.165) is 22.0 Å². The maximum absolute atomic E-state index is 5.72.